The molecule has 1 aliphatic carbocycles. The van der Waals surface area contributed by atoms with Gasteiger partial charge < -0.3 is 14.7 Å². The molecule has 1 aromatic carbocycles. The topological polar surface area (TPSA) is 58.5 Å². The number of methoxy groups -OCH3 is 1. The Balaban J connectivity index is 1.86. The Labute approximate surface area is 155 Å². The highest BCUT2D eigenvalue weighted by Crippen LogP contribution is 2.45. The zero-order valence-electron chi connectivity index (χ0n) is 14.4. The summed E-state index contributed by atoms with van der Waals surface area (Å²) in [5.74, 6) is -2.13. The van der Waals surface area contributed by atoms with Crippen molar-refractivity contribution in [1.82, 2.24) is 9.97 Å². The smallest absolute Gasteiger partial charge is 0.290 e. The fraction of sp³-hybridized carbons (Fsp3) is 0.444. The number of β-amino-alcohol motifs (C(OH)–C–C–N with tert-alkyl or cyclic N) is 1. The number of hydrogen-bond donors (Lipinski definition) is 2. The number of aliphatic hydroxyl groups excluding tert-OH is 1. The number of benzene rings is 1. The Morgan fingerprint density at radius 1 is 1.35 bits per heavy atom. The Kier molecular flexibility index (Phi) is 4.07. The van der Waals surface area contributed by atoms with Gasteiger partial charge in [-0.2, -0.15) is 8.78 Å². The van der Waals surface area contributed by atoms with Crippen molar-refractivity contribution in [2.24, 2.45) is 0 Å². The highest BCUT2D eigenvalue weighted by atomic mass is 32.1. The van der Waals surface area contributed by atoms with Crippen LogP contribution in [0.25, 0.3) is 11.3 Å². The molecule has 2 aliphatic rings. The molecule has 4 rings (SSSR count). The summed E-state index contributed by atoms with van der Waals surface area (Å²) in [5, 5.41) is 9.76. The minimum absolute atomic E-state index is 0.202. The first-order valence-electron chi connectivity index (χ1n) is 8.43. The molecule has 5 nitrogen and oxygen atoms in total. The molecule has 26 heavy (non-hydrogen) atoms. The Hall–Kier alpha value is -1.93. The van der Waals surface area contributed by atoms with Crippen LogP contribution in [0.1, 0.15) is 24.6 Å². The van der Waals surface area contributed by atoms with Gasteiger partial charge in [-0.15, -0.1) is 12.6 Å². The van der Waals surface area contributed by atoms with Gasteiger partial charge in [-0.3, -0.25) is 0 Å². The van der Waals surface area contributed by atoms with Gasteiger partial charge in [-0.05, 0) is 31.5 Å². The van der Waals surface area contributed by atoms with Crippen LogP contribution < -0.4 is 9.64 Å². The van der Waals surface area contributed by atoms with Gasteiger partial charge in [-0.25, -0.2) is 9.97 Å². The highest BCUT2D eigenvalue weighted by Gasteiger charge is 2.45. The van der Waals surface area contributed by atoms with Crippen molar-refractivity contribution in [3.05, 3.63) is 29.5 Å². The number of halogens is 2. The van der Waals surface area contributed by atoms with Crippen LogP contribution in [0.15, 0.2) is 23.1 Å². The molecule has 2 aromatic rings. The van der Waals surface area contributed by atoms with Crippen molar-refractivity contribution in [3.63, 3.8) is 0 Å². The predicted octanol–water partition coefficient (Wildman–Crippen LogP) is 3.05. The third kappa shape index (κ3) is 2.63. The lowest BCUT2D eigenvalue weighted by Crippen LogP contribution is -2.59. The van der Waals surface area contributed by atoms with Crippen LogP contribution in [-0.4, -0.2) is 40.9 Å². The number of anilines is 1. The van der Waals surface area contributed by atoms with E-state index in [1.54, 1.807) is 30.2 Å². The van der Waals surface area contributed by atoms with Crippen molar-refractivity contribution in [2.75, 3.05) is 18.6 Å². The van der Waals surface area contributed by atoms with Gasteiger partial charge in [0, 0.05) is 29.0 Å². The zero-order chi connectivity index (χ0) is 18.6. The van der Waals surface area contributed by atoms with Gasteiger partial charge in [0.25, 0.3) is 5.92 Å². The number of nitrogens with zero attached hydrogens (tertiary/aromatic N) is 3. The van der Waals surface area contributed by atoms with Crippen molar-refractivity contribution < 1.29 is 18.6 Å². The van der Waals surface area contributed by atoms with E-state index in [-0.39, 0.29) is 30.5 Å². The van der Waals surface area contributed by atoms with Crippen molar-refractivity contribution >= 4 is 18.6 Å². The van der Waals surface area contributed by atoms with Crippen LogP contribution in [-0.2, 0) is 12.3 Å². The van der Waals surface area contributed by atoms with E-state index in [4.69, 9.17) is 4.74 Å². The number of fused-ring (bicyclic) bond motifs is 1. The summed E-state index contributed by atoms with van der Waals surface area (Å²) in [5.41, 5.74) is 1.46. The largest absolute Gasteiger partial charge is 0.496 e. The van der Waals surface area contributed by atoms with Gasteiger partial charge in [0.15, 0.2) is 0 Å². The molecule has 2 heterocycles. The summed E-state index contributed by atoms with van der Waals surface area (Å²) in [4.78, 5) is 11.1. The number of aliphatic hydroxyl groups is 1. The van der Waals surface area contributed by atoms with E-state index in [0.717, 1.165) is 0 Å². The standard InChI is InChI=1S/C18H19F2N3O2S/c1-9-12(24)8-23(9)17-21-15(10-3-4-13(25-2)14(26)7-10)11-5-6-18(19,20)16(11)22-17/h3-4,7,9,12,24,26H,5-6,8H2,1-2H3/t9-,12?/m0/s1. The molecule has 0 radical (unpaired) electrons. The van der Waals surface area contributed by atoms with E-state index in [1.165, 1.54) is 0 Å². The molecule has 1 aromatic heterocycles. The average Bonchev–Trinajstić information content (AvgIpc) is 2.93. The third-order valence-electron chi connectivity index (χ3n) is 5.17. The second-order valence-corrected chi connectivity index (χ2v) is 7.23. The lowest BCUT2D eigenvalue weighted by molar-refractivity contribution is -0.00603. The maximum atomic E-state index is 14.4. The van der Waals surface area contributed by atoms with Crippen molar-refractivity contribution in [2.45, 2.75) is 42.7 Å². The first-order chi connectivity index (χ1) is 12.3. The van der Waals surface area contributed by atoms with Crippen molar-refractivity contribution in [3.8, 4) is 17.0 Å². The second kappa shape index (κ2) is 6.06. The second-order valence-electron chi connectivity index (χ2n) is 6.75. The number of ether oxygens (including phenoxy) is 1. The molecule has 1 unspecified atom stereocenters. The maximum absolute atomic E-state index is 14.4. The molecule has 1 fully saturated rings. The fourth-order valence-electron chi connectivity index (χ4n) is 3.47. The van der Waals surface area contributed by atoms with Gasteiger partial charge >= 0.3 is 0 Å². The number of hydrogen-bond acceptors (Lipinski definition) is 6. The molecule has 0 bridgehead atoms. The molecule has 0 spiro atoms. The molecular weight excluding hydrogens is 360 g/mol. The lowest BCUT2D eigenvalue weighted by atomic mass is 10.0. The third-order valence-corrected chi connectivity index (χ3v) is 5.52. The Bertz CT molecular complexity index is 878. The molecule has 1 aliphatic heterocycles. The van der Waals surface area contributed by atoms with E-state index < -0.39 is 12.0 Å². The van der Waals surface area contributed by atoms with Crippen LogP contribution >= 0.6 is 12.6 Å². The van der Waals surface area contributed by atoms with E-state index in [9.17, 15) is 13.9 Å². The molecule has 0 saturated carbocycles. The Morgan fingerprint density at radius 2 is 2.12 bits per heavy atom. The first kappa shape index (κ1) is 17.5. The summed E-state index contributed by atoms with van der Waals surface area (Å²) in [6.07, 6.45) is -0.541. The van der Waals surface area contributed by atoms with E-state index in [1.807, 2.05) is 6.92 Å². The molecule has 1 saturated heterocycles. The van der Waals surface area contributed by atoms with E-state index in [0.29, 0.717) is 34.0 Å². The number of alkyl halides is 2. The maximum Gasteiger partial charge on any atom is 0.290 e. The molecule has 8 heteroatoms. The monoisotopic (exact) mass is 379 g/mol. The summed E-state index contributed by atoms with van der Waals surface area (Å²) in [6, 6.07) is 5.09. The summed E-state index contributed by atoms with van der Waals surface area (Å²) in [6.45, 7) is 2.16. The van der Waals surface area contributed by atoms with Crippen LogP contribution in [0.3, 0.4) is 0 Å². The summed E-state index contributed by atoms with van der Waals surface area (Å²) in [7, 11) is 1.55. The summed E-state index contributed by atoms with van der Waals surface area (Å²) >= 11 is 4.40. The summed E-state index contributed by atoms with van der Waals surface area (Å²) < 4.78 is 34.0. The van der Waals surface area contributed by atoms with Crippen LogP contribution in [0.5, 0.6) is 5.75 Å². The van der Waals surface area contributed by atoms with Gasteiger partial charge in [-0.1, -0.05) is 0 Å². The van der Waals surface area contributed by atoms with Gasteiger partial charge in [0.1, 0.15) is 11.4 Å². The van der Waals surface area contributed by atoms with E-state index in [2.05, 4.69) is 22.6 Å². The van der Waals surface area contributed by atoms with Crippen LogP contribution in [0, 0.1) is 0 Å². The average molecular weight is 379 g/mol. The molecule has 2 atom stereocenters. The first-order valence-corrected chi connectivity index (χ1v) is 8.88. The number of rotatable bonds is 3. The SMILES string of the molecule is COc1ccc(-c2nc(N3CC(O)[C@@H]3C)nc3c2CCC3(F)F)cc1S. The molecule has 0 amide bonds. The minimum Gasteiger partial charge on any atom is -0.496 e. The fourth-order valence-corrected chi connectivity index (χ4v) is 3.78. The quantitative estimate of drug-likeness (QED) is 0.803. The number of thiol groups is 1. The van der Waals surface area contributed by atoms with Crippen LogP contribution in [0.2, 0.25) is 0 Å². The zero-order valence-corrected chi connectivity index (χ0v) is 15.3. The Morgan fingerprint density at radius 3 is 2.73 bits per heavy atom. The molecule has 1 N–H and O–H groups in total. The van der Waals surface area contributed by atoms with Gasteiger partial charge in [0.2, 0.25) is 5.95 Å². The molecule has 138 valence electrons. The van der Waals surface area contributed by atoms with Gasteiger partial charge in [0.05, 0.1) is 24.9 Å². The minimum atomic E-state index is -2.97. The van der Waals surface area contributed by atoms with Crippen LogP contribution in [0.4, 0.5) is 14.7 Å². The highest BCUT2D eigenvalue weighted by molar-refractivity contribution is 7.80. The lowest BCUT2D eigenvalue weighted by Gasteiger charge is -2.43. The van der Waals surface area contributed by atoms with Crippen molar-refractivity contribution in [1.29, 1.82) is 0 Å². The number of aromatic nitrogens is 2. The molecular formula is C18H19F2N3O2S. The normalized spacial score (nSPS) is 23.5. The van der Waals surface area contributed by atoms with E-state index >= 15 is 0 Å². The predicted molar refractivity (Wildman–Crippen MR) is 96.3 cm³/mol.